The standard InChI is InChI=1S/C13H19ClN2O/c1-9-7-16(6-5-12(9)15)8-10-11(14)3-2-4-13(10)17/h2-4,9,12,17H,5-8,15H2,1H3. The molecule has 2 unspecified atom stereocenters. The summed E-state index contributed by atoms with van der Waals surface area (Å²) in [6.45, 7) is 4.80. The summed E-state index contributed by atoms with van der Waals surface area (Å²) in [5.41, 5.74) is 6.81. The Kier molecular flexibility index (Phi) is 3.92. The van der Waals surface area contributed by atoms with E-state index in [0.29, 0.717) is 23.5 Å². The molecule has 1 saturated heterocycles. The van der Waals surface area contributed by atoms with E-state index in [1.807, 2.05) is 6.07 Å². The molecule has 2 atom stereocenters. The lowest BCUT2D eigenvalue weighted by atomic mass is 9.94. The molecule has 1 aliphatic rings. The maximum atomic E-state index is 9.80. The number of nitrogens with zero attached hydrogens (tertiary/aromatic N) is 1. The summed E-state index contributed by atoms with van der Waals surface area (Å²) in [7, 11) is 0. The van der Waals surface area contributed by atoms with Crippen LogP contribution in [0.1, 0.15) is 18.9 Å². The van der Waals surface area contributed by atoms with Gasteiger partial charge < -0.3 is 10.8 Å². The van der Waals surface area contributed by atoms with Gasteiger partial charge in [0.25, 0.3) is 0 Å². The van der Waals surface area contributed by atoms with Gasteiger partial charge in [0, 0.05) is 29.7 Å². The average Bonchev–Trinajstić information content (AvgIpc) is 2.28. The molecule has 0 aliphatic carbocycles. The second-order valence-electron chi connectivity index (χ2n) is 4.90. The summed E-state index contributed by atoms with van der Waals surface area (Å²) in [6, 6.07) is 5.55. The number of hydrogen-bond donors (Lipinski definition) is 2. The van der Waals surface area contributed by atoms with Crippen LogP contribution in [-0.4, -0.2) is 29.1 Å². The zero-order chi connectivity index (χ0) is 12.4. The second kappa shape index (κ2) is 5.25. The molecule has 3 nitrogen and oxygen atoms in total. The molecule has 1 aromatic carbocycles. The zero-order valence-electron chi connectivity index (χ0n) is 10.1. The predicted octanol–water partition coefficient (Wildman–Crippen LogP) is 2.21. The summed E-state index contributed by atoms with van der Waals surface area (Å²) in [6.07, 6.45) is 1.01. The van der Waals surface area contributed by atoms with Crippen LogP contribution >= 0.6 is 11.6 Å². The van der Waals surface area contributed by atoms with E-state index in [1.165, 1.54) is 0 Å². The van der Waals surface area contributed by atoms with Crippen LogP contribution in [-0.2, 0) is 6.54 Å². The summed E-state index contributed by atoms with van der Waals surface area (Å²) in [4.78, 5) is 2.30. The number of nitrogens with two attached hydrogens (primary N) is 1. The molecule has 0 radical (unpaired) electrons. The van der Waals surface area contributed by atoms with Gasteiger partial charge in [-0.25, -0.2) is 0 Å². The molecular formula is C13H19ClN2O. The van der Waals surface area contributed by atoms with Gasteiger partial charge in [-0.05, 0) is 31.0 Å². The van der Waals surface area contributed by atoms with Gasteiger partial charge in [-0.2, -0.15) is 0 Å². The highest BCUT2D eigenvalue weighted by Crippen LogP contribution is 2.28. The first kappa shape index (κ1) is 12.7. The molecule has 0 bridgehead atoms. The van der Waals surface area contributed by atoms with E-state index in [2.05, 4.69) is 11.8 Å². The molecule has 17 heavy (non-hydrogen) atoms. The van der Waals surface area contributed by atoms with Gasteiger partial charge in [-0.1, -0.05) is 24.6 Å². The van der Waals surface area contributed by atoms with Crippen LogP contribution in [0, 0.1) is 5.92 Å². The number of likely N-dealkylation sites (tertiary alicyclic amines) is 1. The fraction of sp³-hybridized carbons (Fsp3) is 0.538. The van der Waals surface area contributed by atoms with Crippen molar-refractivity contribution in [2.45, 2.75) is 25.9 Å². The molecule has 4 heteroatoms. The average molecular weight is 255 g/mol. The first-order valence-corrected chi connectivity index (χ1v) is 6.40. The quantitative estimate of drug-likeness (QED) is 0.851. The Hall–Kier alpha value is -0.770. The van der Waals surface area contributed by atoms with Crippen molar-refractivity contribution in [1.29, 1.82) is 0 Å². The molecule has 0 amide bonds. The van der Waals surface area contributed by atoms with Gasteiger partial charge in [0.1, 0.15) is 5.75 Å². The maximum Gasteiger partial charge on any atom is 0.121 e. The smallest absolute Gasteiger partial charge is 0.121 e. The van der Waals surface area contributed by atoms with Gasteiger partial charge in [0.05, 0.1) is 0 Å². The molecule has 0 saturated carbocycles. The van der Waals surface area contributed by atoms with Crippen LogP contribution in [0.5, 0.6) is 5.75 Å². The molecule has 3 N–H and O–H groups in total. The highest BCUT2D eigenvalue weighted by molar-refractivity contribution is 6.31. The van der Waals surface area contributed by atoms with E-state index in [4.69, 9.17) is 17.3 Å². The van der Waals surface area contributed by atoms with Crippen LogP contribution in [0.15, 0.2) is 18.2 Å². The minimum Gasteiger partial charge on any atom is -0.508 e. The number of halogens is 1. The van der Waals surface area contributed by atoms with Crippen molar-refractivity contribution in [3.8, 4) is 5.75 Å². The summed E-state index contributed by atoms with van der Waals surface area (Å²) < 4.78 is 0. The molecule has 1 heterocycles. The van der Waals surface area contributed by atoms with Crippen LogP contribution in [0.2, 0.25) is 5.02 Å². The van der Waals surface area contributed by atoms with Crippen molar-refractivity contribution >= 4 is 11.6 Å². The monoisotopic (exact) mass is 254 g/mol. The lowest BCUT2D eigenvalue weighted by Gasteiger charge is -2.35. The van der Waals surface area contributed by atoms with Crippen LogP contribution in [0.25, 0.3) is 0 Å². The SMILES string of the molecule is CC1CN(Cc2c(O)cccc2Cl)CCC1N. The Morgan fingerprint density at radius 1 is 1.53 bits per heavy atom. The van der Waals surface area contributed by atoms with E-state index in [0.717, 1.165) is 25.1 Å². The fourth-order valence-corrected chi connectivity index (χ4v) is 2.55. The van der Waals surface area contributed by atoms with Gasteiger partial charge >= 0.3 is 0 Å². The third-order valence-electron chi connectivity index (χ3n) is 3.53. The van der Waals surface area contributed by atoms with E-state index < -0.39 is 0 Å². The highest BCUT2D eigenvalue weighted by Gasteiger charge is 2.24. The minimum atomic E-state index is 0.278. The first-order chi connectivity index (χ1) is 8.08. The van der Waals surface area contributed by atoms with E-state index in [9.17, 15) is 5.11 Å². The van der Waals surface area contributed by atoms with Crippen LogP contribution < -0.4 is 5.73 Å². The summed E-state index contributed by atoms with van der Waals surface area (Å²) in [5.74, 6) is 0.772. The summed E-state index contributed by atoms with van der Waals surface area (Å²) in [5, 5.41) is 10.4. The maximum absolute atomic E-state index is 9.80. The normalized spacial score (nSPS) is 26.1. The Balaban J connectivity index is 2.06. The van der Waals surface area contributed by atoms with Crippen molar-refractivity contribution in [2.75, 3.05) is 13.1 Å². The minimum absolute atomic E-state index is 0.278. The molecule has 1 aromatic rings. The lowest BCUT2D eigenvalue weighted by Crippen LogP contribution is -2.45. The molecule has 1 aliphatic heterocycles. The van der Waals surface area contributed by atoms with Gasteiger partial charge in [-0.3, -0.25) is 4.90 Å². The third-order valence-corrected chi connectivity index (χ3v) is 3.89. The van der Waals surface area contributed by atoms with Gasteiger partial charge in [-0.15, -0.1) is 0 Å². The van der Waals surface area contributed by atoms with Crippen LogP contribution in [0.3, 0.4) is 0 Å². The van der Waals surface area contributed by atoms with Crippen molar-refractivity contribution in [3.05, 3.63) is 28.8 Å². The molecule has 2 rings (SSSR count). The van der Waals surface area contributed by atoms with Crippen LogP contribution in [0.4, 0.5) is 0 Å². The lowest BCUT2D eigenvalue weighted by molar-refractivity contribution is 0.156. The number of aromatic hydroxyl groups is 1. The number of hydrogen-bond acceptors (Lipinski definition) is 3. The number of benzene rings is 1. The van der Waals surface area contributed by atoms with E-state index in [1.54, 1.807) is 12.1 Å². The number of phenolic OH excluding ortho intramolecular Hbond substituents is 1. The topological polar surface area (TPSA) is 49.5 Å². The van der Waals surface area contributed by atoms with Crippen molar-refractivity contribution in [2.24, 2.45) is 11.7 Å². The first-order valence-electron chi connectivity index (χ1n) is 6.02. The van der Waals surface area contributed by atoms with E-state index in [-0.39, 0.29) is 5.75 Å². The molecular weight excluding hydrogens is 236 g/mol. The fourth-order valence-electron chi connectivity index (χ4n) is 2.32. The molecule has 0 aromatic heterocycles. The predicted molar refractivity (Wildman–Crippen MR) is 70.2 cm³/mol. The number of rotatable bonds is 2. The van der Waals surface area contributed by atoms with Gasteiger partial charge in [0.15, 0.2) is 0 Å². The Morgan fingerprint density at radius 3 is 2.94 bits per heavy atom. The largest absolute Gasteiger partial charge is 0.508 e. The zero-order valence-corrected chi connectivity index (χ0v) is 10.8. The molecule has 1 fully saturated rings. The van der Waals surface area contributed by atoms with Crippen molar-refractivity contribution in [1.82, 2.24) is 4.90 Å². The molecule has 0 spiro atoms. The van der Waals surface area contributed by atoms with Crippen molar-refractivity contribution in [3.63, 3.8) is 0 Å². The Labute approximate surface area is 107 Å². The van der Waals surface area contributed by atoms with Crippen molar-refractivity contribution < 1.29 is 5.11 Å². The Bertz CT molecular complexity index is 377. The Morgan fingerprint density at radius 2 is 2.29 bits per heavy atom. The number of phenols is 1. The van der Waals surface area contributed by atoms with Gasteiger partial charge in [0.2, 0.25) is 0 Å². The third kappa shape index (κ3) is 2.92. The summed E-state index contributed by atoms with van der Waals surface area (Å²) >= 11 is 6.10. The second-order valence-corrected chi connectivity index (χ2v) is 5.31. The number of piperidine rings is 1. The van der Waals surface area contributed by atoms with E-state index >= 15 is 0 Å². The highest BCUT2D eigenvalue weighted by atomic mass is 35.5. The molecule has 94 valence electrons.